The molecule has 0 bridgehead atoms. The summed E-state index contributed by atoms with van der Waals surface area (Å²) in [6, 6.07) is 21.4. The minimum Gasteiger partial charge on any atom is -1.00 e. The van der Waals surface area contributed by atoms with Crippen molar-refractivity contribution in [2.75, 3.05) is 12.4 Å². The van der Waals surface area contributed by atoms with Crippen molar-refractivity contribution in [1.82, 2.24) is 0 Å². The van der Waals surface area contributed by atoms with Crippen LogP contribution in [-0.2, 0) is 6.54 Å². The number of ether oxygens (including phenoxy) is 1. The normalized spacial score (nSPS) is 10.3. The van der Waals surface area contributed by atoms with Crippen LogP contribution < -0.4 is 31.6 Å². The standard InChI is InChI=1S/C24H19N3O4.BrH/c1-31-22-9-8-17-14-19(7-6-18(17)15-22)24(28)25-21-10-12-26(13-11-21)16-20-4-2-3-5-23(20)27(29)30;/h2-15H,16H2,1H3;1H. The van der Waals surface area contributed by atoms with E-state index in [-0.39, 0.29) is 33.5 Å². The lowest BCUT2D eigenvalue weighted by atomic mass is 10.1. The number of fused-ring (bicyclic) bond motifs is 1. The van der Waals surface area contributed by atoms with E-state index in [9.17, 15) is 14.9 Å². The van der Waals surface area contributed by atoms with Gasteiger partial charge in [-0.05, 0) is 41.1 Å². The minimum absolute atomic E-state index is 0. The number of nitrogens with one attached hydrogen (secondary N) is 1. The Hall–Kier alpha value is -3.78. The first-order valence-corrected chi connectivity index (χ1v) is 9.64. The average molecular weight is 494 g/mol. The van der Waals surface area contributed by atoms with Gasteiger partial charge in [0.15, 0.2) is 18.9 Å². The summed E-state index contributed by atoms with van der Waals surface area (Å²) in [6.45, 7) is 0.361. The van der Waals surface area contributed by atoms with Gasteiger partial charge in [-0.3, -0.25) is 14.9 Å². The molecular weight excluding hydrogens is 474 g/mol. The molecule has 4 aromatic rings. The van der Waals surface area contributed by atoms with Crippen LogP contribution in [0, 0.1) is 10.1 Å². The lowest BCUT2D eigenvalue weighted by Gasteiger charge is -2.07. The van der Waals surface area contributed by atoms with Gasteiger partial charge in [0.25, 0.3) is 11.6 Å². The molecule has 0 atom stereocenters. The number of hydrogen-bond donors (Lipinski definition) is 1. The molecular formula is C24H20BrN3O4. The van der Waals surface area contributed by atoms with Crippen molar-refractivity contribution in [2.24, 2.45) is 0 Å². The molecule has 0 radical (unpaired) electrons. The highest BCUT2D eigenvalue weighted by Gasteiger charge is 2.16. The van der Waals surface area contributed by atoms with Gasteiger partial charge in [0.1, 0.15) is 5.75 Å². The van der Waals surface area contributed by atoms with Crippen molar-refractivity contribution in [3.63, 3.8) is 0 Å². The van der Waals surface area contributed by atoms with E-state index in [2.05, 4.69) is 5.32 Å². The molecule has 0 spiro atoms. The lowest BCUT2D eigenvalue weighted by molar-refractivity contribution is -0.688. The van der Waals surface area contributed by atoms with Crippen molar-refractivity contribution < 1.29 is 36.0 Å². The Labute approximate surface area is 195 Å². The molecule has 32 heavy (non-hydrogen) atoms. The minimum atomic E-state index is -0.385. The van der Waals surface area contributed by atoms with Gasteiger partial charge in [0.05, 0.1) is 23.3 Å². The fourth-order valence-electron chi connectivity index (χ4n) is 3.36. The van der Waals surface area contributed by atoms with Crippen LogP contribution in [0.15, 0.2) is 85.2 Å². The number of nitro groups is 1. The summed E-state index contributed by atoms with van der Waals surface area (Å²) in [5.74, 6) is 0.553. The number of methoxy groups -OCH3 is 1. The molecule has 8 heteroatoms. The number of benzene rings is 3. The van der Waals surface area contributed by atoms with Gasteiger partial charge in [-0.15, -0.1) is 0 Å². The van der Waals surface area contributed by atoms with Gasteiger partial charge in [-0.25, -0.2) is 4.57 Å². The van der Waals surface area contributed by atoms with Crippen molar-refractivity contribution in [3.8, 4) is 5.75 Å². The van der Waals surface area contributed by atoms with Crippen LogP contribution in [0.1, 0.15) is 15.9 Å². The van der Waals surface area contributed by atoms with Crippen LogP contribution in [0.5, 0.6) is 5.75 Å². The van der Waals surface area contributed by atoms with E-state index in [1.165, 1.54) is 6.07 Å². The molecule has 4 rings (SSSR count). The van der Waals surface area contributed by atoms with Crippen molar-refractivity contribution in [3.05, 3.63) is 106 Å². The first kappa shape index (κ1) is 22.9. The number of carbonyl (C=O) groups is 1. The number of carbonyl (C=O) groups excluding carboxylic acids is 1. The molecule has 0 saturated carbocycles. The molecule has 3 aromatic carbocycles. The number of pyridine rings is 1. The molecule has 162 valence electrons. The van der Waals surface area contributed by atoms with Crippen LogP contribution in [0.4, 0.5) is 11.4 Å². The van der Waals surface area contributed by atoms with Crippen LogP contribution in [-0.4, -0.2) is 17.9 Å². The lowest BCUT2D eigenvalue weighted by Crippen LogP contribution is -3.00. The maximum absolute atomic E-state index is 12.7. The molecule has 1 amide bonds. The summed E-state index contributed by atoms with van der Waals surface area (Å²) in [5, 5.41) is 16.0. The largest absolute Gasteiger partial charge is 1.00 e. The summed E-state index contributed by atoms with van der Waals surface area (Å²) in [6.07, 6.45) is 3.55. The second kappa shape index (κ2) is 10.0. The molecule has 0 aliphatic carbocycles. The monoisotopic (exact) mass is 493 g/mol. The van der Waals surface area contributed by atoms with Gasteiger partial charge >= 0.3 is 0 Å². The highest BCUT2D eigenvalue weighted by molar-refractivity contribution is 6.06. The second-order valence-electron chi connectivity index (χ2n) is 7.03. The van der Waals surface area contributed by atoms with Gasteiger partial charge in [-0.2, -0.15) is 0 Å². The predicted octanol–water partition coefficient (Wildman–Crippen LogP) is 1.35. The predicted molar refractivity (Wildman–Crippen MR) is 117 cm³/mol. The number of anilines is 1. The number of nitro benzene ring substituents is 1. The van der Waals surface area contributed by atoms with E-state index in [0.29, 0.717) is 23.4 Å². The van der Waals surface area contributed by atoms with E-state index in [1.807, 2.05) is 34.9 Å². The maximum atomic E-state index is 12.7. The highest BCUT2D eigenvalue weighted by atomic mass is 79.9. The van der Waals surface area contributed by atoms with Crippen molar-refractivity contribution >= 4 is 28.1 Å². The number of rotatable bonds is 6. The fourth-order valence-corrected chi connectivity index (χ4v) is 3.36. The Bertz CT molecular complexity index is 1280. The van der Waals surface area contributed by atoms with E-state index < -0.39 is 0 Å². The summed E-state index contributed by atoms with van der Waals surface area (Å²) < 4.78 is 7.05. The average Bonchev–Trinajstić information content (AvgIpc) is 2.79. The Kier molecular flexibility index (Phi) is 7.17. The maximum Gasteiger partial charge on any atom is 0.278 e. The molecule has 0 fully saturated rings. The summed E-state index contributed by atoms with van der Waals surface area (Å²) in [4.78, 5) is 23.5. The first-order valence-electron chi connectivity index (χ1n) is 9.64. The number of aromatic nitrogens is 1. The van der Waals surface area contributed by atoms with Crippen molar-refractivity contribution in [1.29, 1.82) is 0 Å². The van der Waals surface area contributed by atoms with Crippen LogP contribution >= 0.6 is 0 Å². The number of hydrogen-bond acceptors (Lipinski definition) is 4. The molecule has 0 unspecified atom stereocenters. The van der Waals surface area contributed by atoms with Crippen molar-refractivity contribution in [2.45, 2.75) is 6.54 Å². The van der Waals surface area contributed by atoms with E-state index in [0.717, 1.165) is 16.5 Å². The van der Waals surface area contributed by atoms with Crippen LogP contribution in [0.3, 0.4) is 0 Å². The molecule has 1 heterocycles. The molecule has 0 aliphatic heterocycles. The number of amides is 1. The van der Waals surface area contributed by atoms with Crippen LogP contribution in [0.25, 0.3) is 10.8 Å². The van der Waals surface area contributed by atoms with Crippen LogP contribution in [0.2, 0.25) is 0 Å². The van der Waals surface area contributed by atoms with Gasteiger partial charge in [0, 0.05) is 23.8 Å². The third-order valence-corrected chi connectivity index (χ3v) is 5.00. The zero-order chi connectivity index (χ0) is 21.8. The quantitative estimate of drug-likeness (QED) is 0.249. The molecule has 7 nitrogen and oxygen atoms in total. The van der Waals surface area contributed by atoms with Gasteiger partial charge in [0.2, 0.25) is 0 Å². The fraction of sp³-hybridized carbons (Fsp3) is 0.0833. The zero-order valence-electron chi connectivity index (χ0n) is 17.2. The first-order chi connectivity index (χ1) is 15.0. The third kappa shape index (κ3) is 5.09. The Morgan fingerprint density at radius 3 is 2.41 bits per heavy atom. The van der Waals surface area contributed by atoms with E-state index in [4.69, 9.17) is 4.74 Å². The molecule has 0 aliphatic rings. The number of nitrogens with zero attached hydrogens (tertiary/aromatic N) is 2. The second-order valence-corrected chi connectivity index (χ2v) is 7.03. The molecule has 0 saturated heterocycles. The Balaban J connectivity index is 0.00000289. The van der Waals surface area contributed by atoms with Gasteiger partial charge in [-0.1, -0.05) is 24.3 Å². The summed E-state index contributed by atoms with van der Waals surface area (Å²) >= 11 is 0. The molecule has 1 aromatic heterocycles. The smallest absolute Gasteiger partial charge is 0.278 e. The van der Waals surface area contributed by atoms with E-state index in [1.54, 1.807) is 55.9 Å². The third-order valence-electron chi connectivity index (χ3n) is 5.00. The Morgan fingerprint density at radius 2 is 1.69 bits per heavy atom. The number of halogens is 1. The molecule has 1 N–H and O–H groups in total. The van der Waals surface area contributed by atoms with E-state index >= 15 is 0 Å². The van der Waals surface area contributed by atoms with Gasteiger partial charge < -0.3 is 27.0 Å². The summed E-state index contributed by atoms with van der Waals surface area (Å²) in [7, 11) is 1.62. The number of para-hydroxylation sites is 1. The SMILES string of the molecule is COc1ccc2cc(C(=O)Nc3cc[n+](Cc4ccccc4[N+](=O)[O-])cc3)ccc2c1.[Br-]. The topological polar surface area (TPSA) is 85.3 Å². The zero-order valence-corrected chi connectivity index (χ0v) is 18.8. The highest BCUT2D eigenvalue weighted by Crippen LogP contribution is 2.22. The Morgan fingerprint density at radius 1 is 1.00 bits per heavy atom. The summed E-state index contributed by atoms with van der Waals surface area (Å²) in [5.41, 5.74) is 1.89.